The van der Waals surface area contributed by atoms with E-state index in [1.54, 1.807) is 4.52 Å². The molecule has 2 heterocycles. The van der Waals surface area contributed by atoms with Gasteiger partial charge in [0.15, 0.2) is 0 Å². The van der Waals surface area contributed by atoms with E-state index in [-0.39, 0.29) is 5.54 Å². The highest BCUT2D eigenvalue weighted by Gasteiger charge is 2.24. The van der Waals surface area contributed by atoms with Gasteiger partial charge in [-0.1, -0.05) is 0 Å². The van der Waals surface area contributed by atoms with Crippen LogP contribution in [0.2, 0.25) is 0 Å². The summed E-state index contributed by atoms with van der Waals surface area (Å²) >= 11 is 0. The van der Waals surface area contributed by atoms with Gasteiger partial charge in [0.1, 0.15) is 12.1 Å². The predicted octanol–water partition coefficient (Wildman–Crippen LogP) is 0.606. The van der Waals surface area contributed by atoms with Gasteiger partial charge in [0, 0.05) is 30.9 Å². The summed E-state index contributed by atoms with van der Waals surface area (Å²) < 4.78 is 1.73. The second-order valence-corrected chi connectivity index (χ2v) is 4.80. The Morgan fingerprint density at radius 2 is 2.18 bits per heavy atom. The first-order chi connectivity index (χ1) is 7.95. The Labute approximate surface area is 100 Å². The molecule has 2 rings (SSSR count). The minimum atomic E-state index is -0.146. The highest BCUT2D eigenvalue weighted by molar-refractivity contribution is 5.48. The molecule has 0 unspecified atom stereocenters. The number of rotatable bonds is 3. The van der Waals surface area contributed by atoms with Gasteiger partial charge in [-0.25, -0.2) is 4.98 Å². The summed E-state index contributed by atoms with van der Waals surface area (Å²) in [6.45, 7) is 6.68. The third-order valence-electron chi connectivity index (χ3n) is 3.11. The molecule has 0 spiro atoms. The number of aromatic nitrogens is 4. The van der Waals surface area contributed by atoms with Crippen molar-refractivity contribution in [2.75, 3.05) is 18.5 Å². The van der Waals surface area contributed by atoms with Crippen LogP contribution in [-0.2, 0) is 0 Å². The van der Waals surface area contributed by atoms with E-state index in [4.69, 9.17) is 5.73 Å². The number of hydrogen-bond acceptors (Lipinski definition) is 5. The molecule has 0 aromatic carbocycles. The van der Waals surface area contributed by atoms with E-state index >= 15 is 0 Å². The summed E-state index contributed by atoms with van der Waals surface area (Å²) in [5.41, 5.74) is 6.57. The summed E-state index contributed by atoms with van der Waals surface area (Å²) in [7, 11) is 2.00. The van der Waals surface area contributed by atoms with Crippen LogP contribution in [0.3, 0.4) is 0 Å². The molecule has 6 heteroatoms. The first-order valence-electron chi connectivity index (χ1n) is 5.57. The van der Waals surface area contributed by atoms with Crippen molar-refractivity contribution in [3.63, 3.8) is 0 Å². The van der Waals surface area contributed by atoms with Gasteiger partial charge in [-0.05, 0) is 20.8 Å². The Morgan fingerprint density at radius 1 is 1.47 bits per heavy atom. The second-order valence-electron chi connectivity index (χ2n) is 4.80. The van der Waals surface area contributed by atoms with Crippen molar-refractivity contribution in [2.24, 2.45) is 5.73 Å². The molecule has 6 nitrogen and oxygen atoms in total. The number of aryl methyl sites for hydroxylation is 1. The summed E-state index contributed by atoms with van der Waals surface area (Å²) in [5, 5.41) is 4.19. The molecule has 0 aliphatic heterocycles. The van der Waals surface area contributed by atoms with E-state index < -0.39 is 0 Å². The molecule has 0 bridgehead atoms. The lowest BCUT2D eigenvalue weighted by atomic mass is 10.0. The number of anilines is 1. The molecule has 0 aliphatic carbocycles. The monoisotopic (exact) mass is 234 g/mol. The van der Waals surface area contributed by atoms with Gasteiger partial charge in [-0.2, -0.15) is 14.6 Å². The molecule has 0 aliphatic rings. The highest BCUT2D eigenvalue weighted by atomic mass is 15.4. The minimum Gasteiger partial charge on any atom is -0.353 e. The van der Waals surface area contributed by atoms with E-state index in [9.17, 15) is 0 Å². The third-order valence-corrected chi connectivity index (χ3v) is 3.11. The van der Waals surface area contributed by atoms with Crippen LogP contribution < -0.4 is 10.6 Å². The summed E-state index contributed by atoms with van der Waals surface area (Å²) in [6.07, 6.45) is 1.51. The Morgan fingerprint density at radius 3 is 2.82 bits per heavy atom. The maximum Gasteiger partial charge on any atom is 0.254 e. The van der Waals surface area contributed by atoms with Crippen LogP contribution in [0, 0.1) is 6.92 Å². The minimum absolute atomic E-state index is 0.146. The predicted molar refractivity (Wildman–Crippen MR) is 67.1 cm³/mol. The molecular weight excluding hydrogens is 216 g/mol. The normalized spacial score (nSPS) is 12.1. The second kappa shape index (κ2) is 3.96. The fourth-order valence-corrected chi connectivity index (χ4v) is 1.60. The van der Waals surface area contributed by atoms with Crippen LogP contribution in [0.1, 0.15) is 19.5 Å². The molecule has 0 fully saturated rings. The van der Waals surface area contributed by atoms with Gasteiger partial charge in [0.05, 0.1) is 0 Å². The molecular formula is C11H18N6. The van der Waals surface area contributed by atoms with E-state index in [0.29, 0.717) is 12.3 Å². The standard InChI is InChI=1S/C11H18N6/c1-8-5-9(16(4)11(2,3)6-12)17-10(15-8)13-7-14-17/h5,7H,6,12H2,1-4H3. The molecule has 0 radical (unpaired) electrons. The molecule has 0 saturated heterocycles. The van der Waals surface area contributed by atoms with Crippen LogP contribution in [0.5, 0.6) is 0 Å². The lowest BCUT2D eigenvalue weighted by Crippen LogP contribution is -2.48. The SMILES string of the molecule is Cc1cc(N(C)C(C)(C)CN)n2ncnc2n1. The van der Waals surface area contributed by atoms with E-state index in [0.717, 1.165) is 11.5 Å². The highest BCUT2D eigenvalue weighted by Crippen LogP contribution is 2.21. The number of likely N-dealkylation sites (N-methyl/N-ethyl adjacent to an activating group) is 1. The van der Waals surface area contributed by atoms with Crippen molar-refractivity contribution in [2.45, 2.75) is 26.3 Å². The molecule has 2 aromatic rings. The van der Waals surface area contributed by atoms with Crippen LogP contribution in [0.25, 0.3) is 5.78 Å². The van der Waals surface area contributed by atoms with Gasteiger partial charge < -0.3 is 10.6 Å². The van der Waals surface area contributed by atoms with Crippen LogP contribution in [0.15, 0.2) is 12.4 Å². The Balaban J connectivity index is 2.58. The average Bonchev–Trinajstić information content (AvgIpc) is 2.74. The van der Waals surface area contributed by atoms with Crippen molar-refractivity contribution < 1.29 is 0 Å². The van der Waals surface area contributed by atoms with Crippen LogP contribution in [-0.4, -0.2) is 38.7 Å². The lowest BCUT2D eigenvalue weighted by Gasteiger charge is -2.36. The molecule has 17 heavy (non-hydrogen) atoms. The zero-order chi connectivity index (χ0) is 12.6. The van der Waals surface area contributed by atoms with Crippen molar-refractivity contribution >= 4 is 11.6 Å². The van der Waals surface area contributed by atoms with E-state index in [1.807, 2.05) is 20.0 Å². The number of hydrogen-bond donors (Lipinski definition) is 1. The van der Waals surface area contributed by atoms with Gasteiger partial charge in [0.25, 0.3) is 5.78 Å². The van der Waals surface area contributed by atoms with Crippen molar-refractivity contribution in [1.82, 2.24) is 19.6 Å². The van der Waals surface area contributed by atoms with Crippen LogP contribution in [0.4, 0.5) is 5.82 Å². The summed E-state index contributed by atoms with van der Waals surface area (Å²) in [5.74, 6) is 1.56. The lowest BCUT2D eigenvalue weighted by molar-refractivity contribution is 0.490. The fourth-order valence-electron chi connectivity index (χ4n) is 1.60. The summed E-state index contributed by atoms with van der Waals surface area (Å²) in [4.78, 5) is 10.5. The van der Waals surface area contributed by atoms with Crippen LogP contribution >= 0.6 is 0 Å². The van der Waals surface area contributed by atoms with Gasteiger partial charge in [0.2, 0.25) is 0 Å². The van der Waals surface area contributed by atoms with Gasteiger partial charge in [-0.15, -0.1) is 0 Å². The molecule has 92 valence electrons. The molecule has 0 saturated carbocycles. The topological polar surface area (TPSA) is 72.3 Å². The Hall–Kier alpha value is -1.69. The zero-order valence-corrected chi connectivity index (χ0v) is 10.7. The van der Waals surface area contributed by atoms with Crippen molar-refractivity contribution in [3.8, 4) is 0 Å². The maximum atomic E-state index is 5.80. The molecule has 0 amide bonds. The third kappa shape index (κ3) is 1.95. The van der Waals surface area contributed by atoms with Gasteiger partial charge >= 0.3 is 0 Å². The van der Waals surface area contributed by atoms with Gasteiger partial charge in [-0.3, -0.25) is 0 Å². The van der Waals surface area contributed by atoms with Crippen molar-refractivity contribution in [3.05, 3.63) is 18.1 Å². The van der Waals surface area contributed by atoms with E-state index in [1.165, 1.54) is 6.33 Å². The zero-order valence-electron chi connectivity index (χ0n) is 10.7. The van der Waals surface area contributed by atoms with Crippen molar-refractivity contribution in [1.29, 1.82) is 0 Å². The quantitative estimate of drug-likeness (QED) is 0.842. The summed E-state index contributed by atoms with van der Waals surface area (Å²) in [6, 6.07) is 1.99. The smallest absolute Gasteiger partial charge is 0.254 e. The first kappa shape index (κ1) is 11.8. The Kier molecular flexibility index (Phi) is 2.74. The molecule has 2 N–H and O–H groups in total. The molecule has 0 atom stereocenters. The Bertz CT molecular complexity index is 530. The number of nitrogens with two attached hydrogens (primary N) is 1. The maximum absolute atomic E-state index is 5.80. The average molecular weight is 234 g/mol. The molecule has 2 aromatic heterocycles. The first-order valence-corrected chi connectivity index (χ1v) is 5.57. The number of nitrogens with zero attached hydrogens (tertiary/aromatic N) is 5. The fraction of sp³-hybridized carbons (Fsp3) is 0.545. The van der Waals surface area contributed by atoms with E-state index in [2.05, 4.69) is 33.8 Å². The number of fused-ring (bicyclic) bond motifs is 1. The largest absolute Gasteiger partial charge is 0.353 e.